The summed E-state index contributed by atoms with van der Waals surface area (Å²) in [5, 5.41) is 27.9. The largest absolute Gasteiger partial charge is 0.509 e. The van der Waals surface area contributed by atoms with Crippen LogP contribution in [-0.4, -0.2) is 39.1 Å². The number of fused-ring (bicyclic) bond motifs is 2. The molecule has 2 aliphatic heterocycles. The molecular weight excluding hydrogens is 362 g/mol. The number of thiazole rings is 1. The predicted octanol–water partition coefficient (Wildman–Crippen LogP) is 3.21. The number of amides is 1. The highest BCUT2D eigenvalue weighted by molar-refractivity contribution is 7.19. The van der Waals surface area contributed by atoms with E-state index < -0.39 is 0 Å². The van der Waals surface area contributed by atoms with Crippen LogP contribution in [0.1, 0.15) is 10.6 Å². The zero-order valence-corrected chi connectivity index (χ0v) is 14.7. The normalized spacial score (nSPS) is 17.9. The smallest absolute Gasteiger partial charge is 0.276 e. The molecule has 27 heavy (non-hydrogen) atoms. The van der Waals surface area contributed by atoms with Gasteiger partial charge < -0.3 is 10.4 Å². The molecule has 8 heteroatoms. The van der Waals surface area contributed by atoms with Gasteiger partial charge in [-0.2, -0.15) is 5.10 Å². The van der Waals surface area contributed by atoms with Gasteiger partial charge >= 0.3 is 0 Å². The molecule has 132 valence electrons. The van der Waals surface area contributed by atoms with Gasteiger partial charge in [0.05, 0.1) is 21.5 Å². The van der Waals surface area contributed by atoms with Gasteiger partial charge in [-0.05, 0) is 18.2 Å². The van der Waals surface area contributed by atoms with Gasteiger partial charge in [0.2, 0.25) is 0 Å². The average Bonchev–Trinajstić information content (AvgIpc) is 3.29. The van der Waals surface area contributed by atoms with E-state index in [4.69, 9.17) is 5.41 Å². The Morgan fingerprint density at radius 3 is 2.81 bits per heavy atom. The monoisotopic (exact) mass is 375 g/mol. The molecule has 1 aromatic heterocycles. The predicted molar refractivity (Wildman–Crippen MR) is 105 cm³/mol. The number of rotatable bonds is 2. The number of aromatic nitrogens is 1. The number of hydrazone groups is 1. The van der Waals surface area contributed by atoms with Gasteiger partial charge in [0.25, 0.3) is 5.91 Å². The highest BCUT2D eigenvalue weighted by Crippen LogP contribution is 2.33. The van der Waals surface area contributed by atoms with Crippen molar-refractivity contribution in [2.45, 2.75) is 0 Å². The third-order valence-electron chi connectivity index (χ3n) is 4.46. The number of anilines is 1. The lowest BCUT2D eigenvalue weighted by Gasteiger charge is -2.12. The fourth-order valence-electron chi connectivity index (χ4n) is 3.18. The van der Waals surface area contributed by atoms with Crippen molar-refractivity contribution in [1.29, 1.82) is 5.41 Å². The first kappa shape index (κ1) is 15.7. The molecule has 0 fully saturated rings. The van der Waals surface area contributed by atoms with Crippen LogP contribution in [0.2, 0.25) is 0 Å². The Hall–Kier alpha value is -3.52. The van der Waals surface area contributed by atoms with Crippen LogP contribution in [0.4, 0.5) is 5.69 Å². The zero-order chi connectivity index (χ0) is 18.5. The van der Waals surface area contributed by atoms with Crippen LogP contribution < -0.4 is 5.32 Å². The van der Waals surface area contributed by atoms with Crippen LogP contribution in [0.5, 0.6) is 0 Å². The molecule has 0 saturated heterocycles. The molecule has 0 radical (unpaired) electrons. The van der Waals surface area contributed by atoms with Crippen LogP contribution in [0, 0.1) is 5.41 Å². The Kier molecular flexibility index (Phi) is 3.34. The zero-order valence-electron chi connectivity index (χ0n) is 13.9. The van der Waals surface area contributed by atoms with Gasteiger partial charge in [0.1, 0.15) is 17.3 Å². The maximum absolute atomic E-state index is 12.3. The summed E-state index contributed by atoms with van der Waals surface area (Å²) in [4.78, 5) is 16.8. The molecule has 3 N–H and O–H groups in total. The van der Waals surface area contributed by atoms with Crippen LogP contribution in [0.25, 0.3) is 15.8 Å². The van der Waals surface area contributed by atoms with E-state index >= 15 is 0 Å². The molecule has 2 aromatic carbocycles. The number of para-hydroxylation sites is 2. The first-order valence-electron chi connectivity index (χ1n) is 8.25. The molecular formula is C19H13N5O2S. The minimum absolute atomic E-state index is 0.0232. The Balaban J connectivity index is 1.51. The highest BCUT2D eigenvalue weighted by atomic mass is 32.1. The number of hydrogen-bond donors (Lipinski definition) is 3. The van der Waals surface area contributed by atoms with Gasteiger partial charge in [-0.1, -0.05) is 30.3 Å². The maximum Gasteiger partial charge on any atom is 0.276 e. The van der Waals surface area contributed by atoms with E-state index in [1.54, 1.807) is 12.1 Å². The Morgan fingerprint density at radius 2 is 1.96 bits per heavy atom. The second-order valence-electron chi connectivity index (χ2n) is 6.16. The minimum Gasteiger partial charge on any atom is -0.509 e. The lowest BCUT2D eigenvalue weighted by Crippen LogP contribution is -2.25. The second-order valence-corrected chi connectivity index (χ2v) is 7.19. The van der Waals surface area contributed by atoms with E-state index in [0.717, 1.165) is 10.2 Å². The number of aliphatic hydroxyl groups excluding tert-OH is 1. The topological polar surface area (TPSA) is 102 Å². The standard InChI is InChI=1S/C19H13N5O2S/c20-17-15(19-22-12-7-3-4-8-14(12)27-19)13(25)9-24(17)23-16-10-5-1-2-6-11(10)21-18(16)26/h1-8,20,25H,9H2,(H,21,23,26). The quantitative estimate of drug-likeness (QED) is 0.640. The van der Waals surface area contributed by atoms with Crippen LogP contribution >= 0.6 is 11.3 Å². The van der Waals surface area contributed by atoms with E-state index in [1.807, 2.05) is 36.4 Å². The van der Waals surface area contributed by atoms with Crippen LogP contribution in [0.15, 0.2) is 59.4 Å². The molecule has 0 atom stereocenters. The Bertz CT molecular complexity index is 1160. The molecule has 0 bridgehead atoms. The average molecular weight is 375 g/mol. The summed E-state index contributed by atoms with van der Waals surface area (Å²) in [7, 11) is 0. The lowest BCUT2D eigenvalue weighted by atomic mass is 10.1. The minimum atomic E-state index is -0.322. The van der Waals surface area contributed by atoms with E-state index in [-0.39, 0.29) is 29.8 Å². The van der Waals surface area contributed by atoms with Crippen molar-refractivity contribution in [1.82, 2.24) is 9.99 Å². The lowest BCUT2D eigenvalue weighted by molar-refractivity contribution is -0.110. The fourth-order valence-corrected chi connectivity index (χ4v) is 4.21. The summed E-state index contributed by atoms with van der Waals surface area (Å²) in [5.41, 5.74) is 2.78. The van der Waals surface area contributed by atoms with Crippen molar-refractivity contribution < 1.29 is 9.90 Å². The first-order chi connectivity index (χ1) is 13.1. The summed E-state index contributed by atoms with van der Waals surface area (Å²) >= 11 is 1.41. The Labute approximate surface area is 157 Å². The molecule has 0 aliphatic carbocycles. The third kappa shape index (κ3) is 2.42. The number of amidine groups is 1. The van der Waals surface area contributed by atoms with Gasteiger partial charge in [-0.15, -0.1) is 11.3 Å². The number of nitrogens with zero attached hydrogens (tertiary/aromatic N) is 3. The number of carbonyl (C=O) groups is 1. The number of aliphatic hydroxyl groups is 1. The van der Waals surface area contributed by atoms with Crippen molar-refractivity contribution in [2.24, 2.45) is 5.10 Å². The fraction of sp³-hybridized carbons (Fsp3) is 0.0526. The van der Waals surface area contributed by atoms with Crippen molar-refractivity contribution in [3.63, 3.8) is 0 Å². The van der Waals surface area contributed by atoms with E-state index in [1.165, 1.54) is 16.3 Å². The third-order valence-corrected chi connectivity index (χ3v) is 5.51. The van der Waals surface area contributed by atoms with Crippen molar-refractivity contribution >= 4 is 50.3 Å². The summed E-state index contributed by atoms with van der Waals surface area (Å²) in [6.45, 7) is 0.0308. The SMILES string of the molecule is N=C1C(c2nc3ccccc3s2)=C(O)CN1/N=C1\C(=O)Nc2ccccc21. The first-order valence-corrected chi connectivity index (χ1v) is 9.07. The maximum atomic E-state index is 12.3. The molecule has 3 heterocycles. The Morgan fingerprint density at radius 1 is 1.19 bits per heavy atom. The van der Waals surface area contributed by atoms with Gasteiger partial charge in [0.15, 0.2) is 11.5 Å². The van der Waals surface area contributed by atoms with Crippen molar-refractivity contribution in [2.75, 3.05) is 11.9 Å². The number of benzene rings is 2. The molecule has 5 rings (SSSR count). The molecule has 0 unspecified atom stereocenters. The van der Waals surface area contributed by atoms with Gasteiger partial charge in [-0.3, -0.25) is 10.2 Å². The summed E-state index contributed by atoms with van der Waals surface area (Å²) in [5.74, 6) is -0.275. The number of carbonyl (C=O) groups excluding carboxylic acids is 1. The van der Waals surface area contributed by atoms with Crippen LogP contribution in [0.3, 0.4) is 0 Å². The molecule has 3 aromatic rings. The molecule has 7 nitrogen and oxygen atoms in total. The molecule has 1 amide bonds. The summed E-state index contributed by atoms with van der Waals surface area (Å²) in [6.07, 6.45) is 0. The number of nitrogens with one attached hydrogen (secondary N) is 2. The van der Waals surface area contributed by atoms with Crippen molar-refractivity contribution in [3.8, 4) is 0 Å². The summed E-state index contributed by atoms with van der Waals surface area (Å²) < 4.78 is 0.981. The molecule has 2 aliphatic rings. The van der Waals surface area contributed by atoms with E-state index in [0.29, 0.717) is 21.8 Å². The number of hydrogen-bond acceptors (Lipinski definition) is 6. The van der Waals surface area contributed by atoms with E-state index in [2.05, 4.69) is 15.4 Å². The van der Waals surface area contributed by atoms with Gasteiger partial charge in [-0.25, -0.2) is 9.99 Å². The second kappa shape index (κ2) is 5.75. The molecule has 0 saturated carbocycles. The molecule has 0 spiro atoms. The summed E-state index contributed by atoms with van der Waals surface area (Å²) in [6, 6.07) is 14.9. The van der Waals surface area contributed by atoms with Crippen LogP contribution in [-0.2, 0) is 4.79 Å². The highest BCUT2D eigenvalue weighted by Gasteiger charge is 2.33. The van der Waals surface area contributed by atoms with Gasteiger partial charge in [0, 0.05) is 5.56 Å². The van der Waals surface area contributed by atoms with E-state index in [9.17, 15) is 9.90 Å². The van der Waals surface area contributed by atoms with Crippen molar-refractivity contribution in [3.05, 3.63) is 64.9 Å².